The zero-order valence-electron chi connectivity index (χ0n) is 12.3. The van der Waals surface area contributed by atoms with Crippen molar-refractivity contribution in [3.8, 4) is 0 Å². The molecule has 0 saturated heterocycles. The number of unbranched alkanes of at least 4 members (excludes halogenated alkanes) is 5. The molecule has 0 spiro atoms. The number of hydrogen-bond acceptors (Lipinski definition) is 3. The first-order valence-electron chi connectivity index (χ1n) is 7.25. The van der Waals surface area contributed by atoms with Crippen molar-refractivity contribution in [3.63, 3.8) is 0 Å². The molecule has 0 radical (unpaired) electrons. The summed E-state index contributed by atoms with van der Waals surface area (Å²) < 4.78 is 5.00. The highest BCUT2D eigenvalue weighted by molar-refractivity contribution is 5.77. The highest BCUT2D eigenvalue weighted by atomic mass is 16.5. The number of rotatable bonds is 12. The second kappa shape index (κ2) is 13.3. The van der Waals surface area contributed by atoms with E-state index >= 15 is 0 Å². The Morgan fingerprint density at radius 3 is 1.95 bits per heavy atom. The molecule has 0 aromatic rings. The fraction of sp³-hybridized carbons (Fsp3) is 0.857. The second-order valence-corrected chi connectivity index (χ2v) is 4.59. The Labute approximate surface area is 116 Å². The summed E-state index contributed by atoms with van der Waals surface area (Å²) in [6, 6.07) is 0. The van der Waals surface area contributed by atoms with Crippen molar-refractivity contribution in [3.05, 3.63) is 0 Å². The van der Waals surface area contributed by atoms with Crippen LogP contribution in [0, 0.1) is 0 Å². The summed E-state index contributed by atoms with van der Waals surface area (Å²) in [5.74, 6) is 0.0138. The van der Waals surface area contributed by atoms with Crippen LogP contribution in [0.5, 0.6) is 0 Å². The molecule has 0 fully saturated rings. The summed E-state index contributed by atoms with van der Waals surface area (Å²) in [7, 11) is 0. The molecule has 0 heterocycles. The summed E-state index contributed by atoms with van der Waals surface area (Å²) in [5, 5.41) is 5.62. The maximum Gasteiger partial charge on any atom is 0.245 e. The summed E-state index contributed by atoms with van der Waals surface area (Å²) in [6.07, 6.45) is 6.72. The van der Waals surface area contributed by atoms with Crippen molar-refractivity contribution in [1.82, 2.24) is 10.6 Å². The molecule has 0 atom stereocenters. The maximum absolute atomic E-state index is 11.2. The largest absolute Gasteiger partial charge is 0.372 e. The van der Waals surface area contributed by atoms with Crippen LogP contribution in [-0.2, 0) is 14.3 Å². The fourth-order valence-corrected chi connectivity index (χ4v) is 1.70. The average molecular weight is 272 g/mol. The van der Waals surface area contributed by atoms with E-state index in [0.717, 1.165) is 38.8 Å². The van der Waals surface area contributed by atoms with Crippen molar-refractivity contribution in [2.24, 2.45) is 0 Å². The van der Waals surface area contributed by atoms with Crippen molar-refractivity contribution in [2.75, 3.05) is 26.3 Å². The Hall–Kier alpha value is -1.10. The topological polar surface area (TPSA) is 67.4 Å². The van der Waals surface area contributed by atoms with Crippen LogP contribution in [-0.4, -0.2) is 38.1 Å². The van der Waals surface area contributed by atoms with Crippen LogP contribution in [0.3, 0.4) is 0 Å². The standard InChI is InChI=1S/C14H28N2O3/c1-3-19-12-14(18)16-11-9-7-5-4-6-8-10-15-13(2)17/h3-12H2,1-2H3,(H,15,17)(H,16,18). The lowest BCUT2D eigenvalue weighted by atomic mass is 10.1. The van der Waals surface area contributed by atoms with Crippen LogP contribution >= 0.6 is 0 Å². The second-order valence-electron chi connectivity index (χ2n) is 4.59. The van der Waals surface area contributed by atoms with Gasteiger partial charge in [0.2, 0.25) is 11.8 Å². The first kappa shape index (κ1) is 17.9. The van der Waals surface area contributed by atoms with Crippen molar-refractivity contribution >= 4 is 11.8 Å². The molecule has 0 aromatic carbocycles. The molecule has 0 rings (SSSR count). The predicted octanol–water partition coefficient (Wildman–Crippen LogP) is 1.62. The molecule has 112 valence electrons. The Kier molecular flexibility index (Phi) is 12.6. The van der Waals surface area contributed by atoms with Gasteiger partial charge in [0.15, 0.2) is 0 Å². The molecule has 0 aliphatic rings. The van der Waals surface area contributed by atoms with E-state index in [1.54, 1.807) is 6.92 Å². The molecular weight excluding hydrogens is 244 g/mol. The third-order valence-electron chi connectivity index (χ3n) is 2.74. The van der Waals surface area contributed by atoms with Gasteiger partial charge in [-0.1, -0.05) is 25.7 Å². The number of nitrogens with one attached hydrogen (secondary N) is 2. The van der Waals surface area contributed by atoms with Gasteiger partial charge in [-0.2, -0.15) is 0 Å². The van der Waals surface area contributed by atoms with E-state index in [9.17, 15) is 9.59 Å². The van der Waals surface area contributed by atoms with Crippen LogP contribution in [0.15, 0.2) is 0 Å². The third kappa shape index (κ3) is 14.8. The maximum atomic E-state index is 11.2. The first-order chi connectivity index (χ1) is 9.16. The lowest BCUT2D eigenvalue weighted by Gasteiger charge is -2.05. The van der Waals surface area contributed by atoms with Crippen LogP contribution in [0.2, 0.25) is 0 Å². The Bertz CT molecular complexity index is 245. The van der Waals surface area contributed by atoms with Crippen molar-refractivity contribution < 1.29 is 14.3 Å². The lowest BCUT2D eigenvalue weighted by Crippen LogP contribution is -2.28. The molecular formula is C14H28N2O3. The Balaban J connectivity index is 3.10. The number of ether oxygens (including phenoxy) is 1. The minimum atomic E-state index is -0.0304. The molecule has 2 amide bonds. The van der Waals surface area contributed by atoms with E-state index in [4.69, 9.17) is 4.74 Å². The molecule has 0 unspecified atom stereocenters. The van der Waals surface area contributed by atoms with Gasteiger partial charge in [-0.15, -0.1) is 0 Å². The summed E-state index contributed by atoms with van der Waals surface area (Å²) in [6.45, 7) is 5.67. The normalized spacial score (nSPS) is 10.2. The smallest absolute Gasteiger partial charge is 0.245 e. The molecule has 0 saturated carbocycles. The SMILES string of the molecule is CCOCC(=O)NCCCCCCCCNC(C)=O. The first-order valence-corrected chi connectivity index (χ1v) is 7.25. The number of amides is 2. The van der Waals surface area contributed by atoms with Gasteiger partial charge in [-0.3, -0.25) is 9.59 Å². The monoisotopic (exact) mass is 272 g/mol. The van der Waals surface area contributed by atoms with E-state index in [-0.39, 0.29) is 18.4 Å². The van der Waals surface area contributed by atoms with E-state index in [1.165, 1.54) is 12.8 Å². The average Bonchev–Trinajstić information content (AvgIpc) is 2.38. The van der Waals surface area contributed by atoms with E-state index in [2.05, 4.69) is 10.6 Å². The molecule has 0 aliphatic heterocycles. The summed E-state index contributed by atoms with van der Waals surface area (Å²) in [5.41, 5.74) is 0. The van der Waals surface area contributed by atoms with Crippen LogP contribution in [0.1, 0.15) is 52.4 Å². The molecule has 0 aliphatic carbocycles. The van der Waals surface area contributed by atoms with Crippen LogP contribution < -0.4 is 10.6 Å². The zero-order valence-corrected chi connectivity index (χ0v) is 12.3. The number of hydrogen-bond donors (Lipinski definition) is 2. The van der Waals surface area contributed by atoms with Gasteiger partial charge in [0.05, 0.1) is 0 Å². The summed E-state index contributed by atoms with van der Waals surface area (Å²) >= 11 is 0. The van der Waals surface area contributed by atoms with Gasteiger partial charge in [-0.25, -0.2) is 0 Å². The molecule has 5 nitrogen and oxygen atoms in total. The Morgan fingerprint density at radius 1 is 0.895 bits per heavy atom. The molecule has 0 aromatic heterocycles. The van der Waals surface area contributed by atoms with Gasteiger partial charge in [0.25, 0.3) is 0 Å². The minimum Gasteiger partial charge on any atom is -0.372 e. The minimum absolute atomic E-state index is 0.0304. The lowest BCUT2D eigenvalue weighted by molar-refractivity contribution is -0.125. The van der Waals surface area contributed by atoms with Gasteiger partial charge >= 0.3 is 0 Å². The molecule has 0 bridgehead atoms. The van der Waals surface area contributed by atoms with Gasteiger partial charge in [0.1, 0.15) is 6.61 Å². The fourth-order valence-electron chi connectivity index (χ4n) is 1.70. The Morgan fingerprint density at radius 2 is 1.42 bits per heavy atom. The van der Waals surface area contributed by atoms with E-state index in [0.29, 0.717) is 6.61 Å². The quantitative estimate of drug-likeness (QED) is 0.530. The predicted molar refractivity (Wildman–Crippen MR) is 75.9 cm³/mol. The molecule has 19 heavy (non-hydrogen) atoms. The van der Waals surface area contributed by atoms with Crippen molar-refractivity contribution in [2.45, 2.75) is 52.4 Å². The molecule has 5 heteroatoms. The molecule has 2 N–H and O–H groups in total. The highest BCUT2D eigenvalue weighted by Crippen LogP contribution is 2.04. The number of carbonyl (C=O) groups excluding carboxylic acids is 2. The van der Waals surface area contributed by atoms with Crippen LogP contribution in [0.4, 0.5) is 0 Å². The van der Waals surface area contributed by atoms with Gasteiger partial charge in [-0.05, 0) is 19.8 Å². The van der Waals surface area contributed by atoms with E-state index in [1.807, 2.05) is 6.92 Å². The summed E-state index contributed by atoms with van der Waals surface area (Å²) in [4.78, 5) is 21.8. The highest BCUT2D eigenvalue weighted by Gasteiger charge is 1.99. The van der Waals surface area contributed by atoms with Gasteiger partial charge in [0, 0.05) is 26.6 Å². The zero-order chi connectivity index (χ0) is 14.3. The van der Waals surface area contributed by atoms with Gasteiger partial charge < -0.3 is 15.4 Å². The number of carbonyl (C=O) groups is 2. The van der Waals surface area contributed by atoms with E-state index < -0.39 is 0 Å². The van der Waals surface area contributed by atoms with Crippen molar-refractivity contribution in [1.29, 1.82) is 0 Å². The van der Waals surface area contributed by atoms with Crippen LogP contribution in [0.25, 0.3) is 0 Å². The third-order valence-corrected chi connectivity index (χ3v) is 2.74.